The molecular weight excluding hydrogens is 395 g/mol. The van der Waals surface area contributed by atoms with Crippen LogP contribution in [0.3, 0.4) is 0 Å². The van der Waals surface area contributed by atoms with Crippen LogP contribution in [-0.4, -0.2) is 36.6 Å². The molecule has 0 saturated carbocycles. The van der Waals surface area contributed by atoms with Crippen molar-refractivity contribution in [2.45, 2.75) is 13.5 Å². The number of nitrogens with one attached hydrogen (secondary N) is 2. The lowest BCUT2D eigenvalue weighted by Gasteiger charge is -2.09. The van der Waals surface area contributed by atoms with Crippen LogP contribution in [0.25, 0.3) is 17.0 Å². The van der Waals surface area contributed by atoms with Gasteiger partial charge in [0.15, 0.2) is 0 Å². The van der Waals surface area contributed by atoms with Crippen LogP contribution >= 0.6 is 0 Å². The van der Waals surface area contributed by atoms with E-state index in [1.165, 1.54) is 28.9 Å². The maximum atomic E-state index is 13.6. The lowest BCUT2D eigenvalue weighted by molar-refractivity contribution is 0.102. The molecule has 0 atom stereocenters. The number of aryl methyl sites for hydroxylation is 1. The number of amides is 2. The number of carbonyl (C=O) groups excluding carboxylic acids is 1. The standard InChI is InChI=1S/C19H15FN6O4/c1-10-2-3-11(17-24-16(30-25-17)8-22-19(28)29)6-13(10)23-18(27)14-7-21-15-5-4-12(20)9-26(14)15/h2-7,9,22H,8H2,1H3,(H,23,27)(H,28,29). The third-order valence-corrected chi connectivity index (χ3v) is 4.31. The average Bonchev–Trinajstić information content (AvgIpc) is 3.35. The number of pyridine rings is 1. The first-order chi connectivity index (χ1) is 14.4. The fourth-order valence-corrected chi connectivity index (χ4v) is 2.80. The van der Waals surface area contributed by atoms with Crippen LogP contribution in [0, 0.1) is 12.7 Å². The second-order valence-electron chi connectivity index (χ2n) is 6.37. The SMILES string of the molecule is Cc1ccc(-c2noc(CNC(=O)O)n2)cc1NC(=O)c1cnc2ccc(F)cn12. The van der Waals surface area contributed by atoms with Gasteiger partial charge >= 0.3 is 6.09 Å². The highest BCUT2D eigenvalue weighted by Gasteiger charge is 2.16. The Morgan fingerprint density at radius 2 is 2.10 bits per heavy atom. The van der Waals surface area contributed by atoms with Crippen LogP contribution in [0.4, 0.5) is 14.9 Å². The molecule has 4 rings (SSSR count). The lowest BCUT2D eigenvalue weighted by atomic mass is 10.1. The van der Waals surface area contributed by atoms with Gasteiger partial charge in [-0.2, -0.15) is 4.98 Å². The maximum absolute atomic E-state index is 13.6. The van der Waals surface area contributed by atoms with Crippen molar-refractivity contribution >= 4 is 23.3 Å². The summed E-state index contributed by atoms with van der Waals surface area (Å²) in [4.78, 5) is 31.5. The highest BCUT2D eigenvalue weighted by molar-refractivity contribution is 6.04. The number of hydrogen-bond acceptors (Lipinski definition) is 6. The molecular formula is C19H15FN6O4. The number of aromatic nitrogens is 4. The zero-order chi connectivity index (χ0) is 21.3. The highest BCUT2D eigenvalue weighted by Crippen LogP contribution is 2.24. The van der Waals surface area contributed by atoms with E-state index in [1.54, 1.807) is 18.2 Å². The molecule has 0 aliphatic carbocycles. The van der Waals surface area contributed by atoms with Gasteiger partial charge in [0.1, 0.15) is 23.7 Å². The molecule has 4 aromatic rings. The van der Waals surface area contributed by atoms with E-state index < -0.39 is 17.8 Å². The minimum absolute atomic E-state index is 0.103. The molecule has 0 bridgehead atoms. The Labute approximate surface area is 168 Å². The molecule has 11 heteroatoms. The summed E-state index contributed by atoms with van der Waals surface area (Å²) in [5.74, 6) is -0.610. The summed E-state index contributed by atoms with van der Waals surface area (Å²) in [5.41, 5.74) is 2.46. The zero-order valence-corrected chi connectivity index (χ0v) is 15.6. The topological polar surface area (TPSA) is 135 Å². The number of benzene rings is 1. The van der Waals surface area contributed by atoms with Crippen LogP contribution in [0.1, 0.15) is 21.9 Å². The van der Waals surface area contributed by atoms with E-state index in [2.05, 4.69) is 25.8 Å². The van der Waals surface area contributed by atoms with Crippen LogP contribution in [-0.2, 0) is 6.54 Å². The summed E-state index contributed by atoms with van der Waals surface area (Å²) in [5, 5.41) is 17.4. The van der Waals surface area contributed by atoms with Gasteiger partial charge in [-0.3, -0.25) is 9.20 Å². The number of carboxylic acid groups (broad SMARTS) is 1. The van der Waals surface area contributed by atoms with Crippen LogP contribution in [0.5, 0.6) is 0 Å². The van der Waals surface area contributed by atoms with E-state index in [-0.39, 0.29) is 24.0 Å². The van der Waals surface area contributed by atoms with E-state index >= 15 is 0 Å². The number of anilines is 1. The van der Waals surface area contributed by atoms with Crippen LogP contribution < -0.4 is 10.6 Å². The maximum Gasteiger partial charge on any atom is 0.405 e. The van der Waals surface area contributed by atoms with Crippen molar-refractivity contribution in [3.05, 3.63) is 65.7 Å². The minimum atomic E-state index is -1.21. The normalized spacial score (nSPS) is 10.9. The lowest BCUT2D eigenvalue weighted by Crippen LogP contribution is -2.20. The van der Waals surface area contributed by atoms with Gasteiger partial charge in [0.2, 0.25) is 11.7 Å². The molecule has 0 aliphatic heterocycles. The number of nitrogens with zero attached hydrogens (tertiary/aromatic N) is 4. The van der Waals surface area contributed by atoms with Gasteiger partial charge in [-0.1, -0.05) is 17.3 Å². The Hall–Kier alpha value is -4.28. The van der Waals surface area contributed by atoms with Gasteiger partial charge in [0.05, 0.1) is 6.20 Å². The van der Waals surface area contributed by atoms with Crippen molar-refractivity contribution in [2.24, 2.45) is 0 Å². The molecule has 0 spiro atoms. The molecule has 2 amide bonds. The molecule has 10 nitrogen and oxygen atoms in total. The Balaban J connectivity index is 1.58. The molecule has 152 valence electrons. The highest BCUT2D eigenvalue weighted by atomic mass is 19.1. The van der Waals surface area contributed by atoms with Gasteiger partial charge in [-0.15, -0.1) is 0 Å². The van der Waals surface area contributed by atoms with E-state index in [4.69, 9.17) is 9.63 Å². The van der Waals surface area contributed by atoms with Gasteiger partial charge in [-0.25, -0.2) is 14.2 Å². The van der Waals surface area contributed by atoms with Crippen molar-refractivity contribution in [1.82, 2.24) is 24.8 Å². The van der Waals surface area contributed by atoms with Gasteiger partial charge in [0, 0.05) is 17.4 Å². The summed E-state index contributed by atoms with van der Waals surface area (Å²) in [6.07, 6.45) is 1.35. The third kappa shape index (κ3) is 3.81. The summed E-state index contributed by atoms with van der Waals surface area (Å²) < 4.78 is 19.9. The summed E-state index contributed by atoms with van der Waals surface area (Å²) in [6, 6.07) is 7.92. The predicted octanol–water partition coefficient (Wildman–Crippen LogP) is 2.85. The molecule has 0 saturated heterocycles. The number of rotatable bonds is 5. The van der Waals surface area contributed by atoms with Gasteiger partial charge < -0.3 is 20.3 Å². The Morgan fingerprint density at radius 1 is 1.27 bits per heavy atom. The summed E-state index contributed by atoms with van der Waals surface area (Å²) in [6.45, 7) is 1.69. The summed E-state index contributed by atoms with van der Waals surface area (Å²) in [7, 11) is 0. The molecule has 3 N–H and O–H groups in total. The van der Waals surface area contributed by atoms with E-state index in [0.29, 0.717) is 16.9 Å². The fraction of sp³-hybridized carbons (Fsp3) is 0.105. The smallest absolute Gasteiger partial charge is 0.405 e. The van der Waals surface area contributed by atoms with E-state index in [0.717, 1.165) is 5.56 Å². The molecule has 1 aromatic carbocycles. The second-order valence-corrected chi connectivity index (χ2v) is 6.37. The number of halogens is 1. The third-order valence-electron chi connectivity index (χ3n) is 4.31. The number of imidazole rings is 1. The molecule has 0 fully saturated rings. The first-order valence-corrected chi connectivity index (χ1v) is 8.75. The minimum Gasteiger partial charge on any atom is -0.465 e. The first-order valence-electron chi connectivity index (χ1n) is 8.75. The van der Waals surface area contributed by atoms with Gasteiger partial charge in [-0.05, 0) is 30.7 Å². The molecule has 0 aliphatic rings. The fourth-order valence-electron chi connectivity index (χ4n) is 2.80. The Morgan fingerprint density at radius 3 is 2.90 bits per heavy atom. The largest absolute Gasteiger partial charge is 0.465 e. The number of fused-ring (bicyclic) bond motifs is 1. The van der Waals surface area contributed by atoms with E-state index in [1.807, 2.05) is 6.92 Å². The zero-order valence-electron chi connectivity index (χ0n) is 15.6. The van der Waals surface area contributed by atoms with Crippen molar-refractivity contribution in [1.29, 1.82) is 0 Å². The quantitative estimate of drug-likeness (QED) is 0.460. The van der Waals surface area contributed by atoms with E-state index in [9.17, 15) is 14.0 Å². The molecule has 0 unspecified atom stereocenters. The monoisotopic (exact) mass is 410 g/mol. The van der Waals surface area contributed by atoms with Crippen molar-refractivity contribution in [3.8, 4) is 11.4 Å². The Bertz CT molecular complexity index is 1270. The molecule has 3 aromatic heterocycles. The van der Waals surface area contributed by atoms with Gasteiger partial charge in [0.25, 0.3) is 5.91 Å². The second kappa shape index (κ2) is 7.62. The molecule has 30 heavy (non-hydrogen) atoms. The van der Waals surface area contributed by atoms with Crippen molar-refractivity contribution < 1.29 is 23.6 Å². The predicted molar refractivity (Wildman–Crippen MR) is 102 cm³/mol. The van der Waals surface area contributed by atoms with Crippen molar-refractivity contribution in [3.63, 3.8) is 0 Å². The molecule has 3 heterocycles. The van der Waals surface area contributed by atoms with Crippen LogP contribution in [0.2, 0.25) is 0 Å². The summed E-state index contributed by atoms with van der Waals surface area (Å²) >= 11 is 0. The first kappa shape index (κ1) is 19.1. The van der Waals surface area contributed by atoms with Crippen molar-refractivity contribution in [2.75, 3.05) is 5.32 Å². The van der Waals surface area contributed by atoms with Crippen LogP contribution in [0.15, 0.2) is 47.2 Å². The number of hydrogen-bond donors (Lipinski definition) is 3. The molecule has 0 radical (unpaired) electrons. The number of carbonyl (C=O) groups is 2. The average molecular weight is 410 g/mol. The Kier molecular flexibility index (Phi) is 4.84.